The summed E-state index contributed by atoms with van der Waals surface area (Å²) in [5.41, 5.74) is 2.31. The Morgan fingerprint density at radius 1 is 0.867 bits per heavy atom. The minimum absolute atomic E-state index is 0.176. The summed E-state index contributed by atoms with van der Waals surface area (Å²) in [5, 5.41) is 5.76. The van der Waals surface area contributed by atoms with Crippen LogP contribution in [0, 0.1) is 5.82 Å². The molecule has 0 saturated heterocycles. The molecule has 5 aromatic rings. The molecule has 0 bridgehead atoms. The summed E-state index contributed by atoms with van der Waals surface area (Å²) in [5.74, 6) is -0.423. The van der Waals surface area contributed by atoms with Crippen LogP contribution in [0.25, 0.3) is 27.8 Å². The van der Waals surface area contributed by atoms with Gasteiger partial charge in [-0.1, -0.05) is 38.1 Å². The molecule has 1 N–H and O–H groups in total. The maximum atomic E-state index is 14.8. The van der Waals surface area contributed by atoms with E-state index < -0.39 is 34.8 Å². The van der Waals surface area contributed by atoms with Gasteiger partial charge >= 0.3 is 12.4 Å². The third kappa shape index (κ3) is 5.10. The second-order valence-corrected chi connectivity index (χ2v) is 11.9. The molecule has 0 saturated carbocycles. The fourth-order valence-corrected chi connectivity index (χ4v) is 6.50. The van der Waals surface area contributed by atoms with Gasteiger partial charge < -0.3 is 4.98 Å². The van der Waals surface area contributed by atoms with Gasteiger partial charge in [0, 0.05) is 35.8 Å². The summed E-state index contributed by atoms with van der Waals surface area (Å²) in [7, 11) is 0. The summed E-state index contributed by atoms with van der Waals surface area (Å²) < 4.78 is 98.9. The van der Waals surface area contributed by atoms with Crippen molar-refractivity contribution in [3.8, 4) is 16.9 Å². The van der Waals surface area contributed by atoms with Crippen LogP contribution in [0.4, 0.5) is 30.7 Å². The number of aryl methyl sites for hydroxylation is 2. The Bertz CT molecular complexity index is 1890. The summed E-state index contributed by atoms with van der Waals surface area (Å²) in [6.07, 6.45) is -6.80. The van der Waals surface area contributed by atoms with Crippen molar-refractivity contribution in [2.24, 2.45) is 0 Å². The van der Waals surface area contributed by atoms with Crippen LogP contribution in [0.2, 0.25) is 0 Å². The fraction of sp³-hybridized carbons (Fsp3) is 0.324. The first-order valence-corrected chi connectivity index (χ1v) is 14.7. The van der Waals surface area contributed by atoms with Crippen molar-refractivity contribution in [2.75, 3.05) is 0 Å². The molecule has 0 atom stereocenters. The molecular formula is C34H31F7N4. The van der Waals surface area contributed by atoms with Crippen LogP contribution in [-0.2, 0) is 43.8 Å². The molecule has 0 spiro atoms. The van der Waals surface area contributed by atoms with Gasteiger partial charge in [0.1, 0.15) is 5.82 Å². The minimum Gasteiger partial charge on any atom is -0.359 e. The van der Waals surface area contributed by atoms with E-state index in [1.807, 2.05) is 50.6 Å². The summed E-state index contributed by atoms with van der Waals surface area (Å²) in [6, 6.07) is 12.7. The number of aromatic nitrogens is 3. The Morgan fingerprint density at radius 2 is 1.56 bits per heavy atom. The molecule has 3 aromatic carbocycles. The zero-order valence-electron chi connectivity index (χ0n) is 25.1. The van der Waals surface area contributed by atoms with E-state index in [4.69, 9.17) is 5.10 Å². The molecule has 2 aromatic heterocycles. The highest BCUT2D eigenvalue weighted by atomic mass is 19.4. The summed E-state index contributed by atoms with van der Waals surface area (Å²) in [4.78, 5) is 4.75. The second kappa shape index (κ2) is 10.8. The quantitative estimate of drug-likeness (QED) is 0.190. The van der Waals surface area contributed by atoms with Crippen molar-refractivity contribution >= 4 is 10.9 Å². The van der Waals surface area contributed by atoms with Crippen LogP contribution in [0.3, 0.4) is 0 Å². The monoisotopic (exact) mass is 628 g/mol. The van der Waals surface area contributed by atoms with Gasteiger partial charge in [-0.05, 0) is 73.7 Å². The first kappa shape index (κ1) is 30.9. The molecule has 0 fully saturated rings. The van der Waals surface area contributed by atoms with Crippen molar-refractivity contribution in [1.29, 1.82) is 0 Å². The van der Waals surface area contributed by atoms with Crippen molar-refractivity contribution in [3.05, 3.63) is 106 Å². The van der Waals surface area contributed by atoms with E-state index in [0.29, 0.717) is 33.9 Å². The average Bonchev–Trinajstić information content (AvgIpc) is 3.67. The van der Waals surface area contributed by atoms with Gasteiger partial charge in [0.05, 0.1) is 39.3 Å². The Morgan fingerprint density at radius 3 is 2.18 bits per heavy atom. The van der Waals surface area contributed by atoms with Crippen LogP contribution >= 0.6 is 0 Å². The molecule has 4 nitrogen and oxygen atoms in total. The van der Waals surface area contributed by atoms with Gasteiger partial charge in [-0.25, -0.2) is 9.07 Å². The van der Waals surface area contributed by atoms with E-state index in [1.165, 1.54) is 6.07 Å². The Kier molecular flexibility index (Phi) is 7.38. The number of hydrogen-bond acceptors (Lipinski definition) is 2. The highest BCUT2D eigenvalue weighted by Crippen LogP contribution is 2.47. The van der Waals surface area contributed by atoms with E-state index >= 15 is 0 Å². The first-order valence-electron chi connectivity index (χ1n) is 14.7. The van der Waals surface area contributed by atoms with Crippen molar-refractivity contribution in [2.45, 2.75) is 71.5 Å². The van der Waals surface area contributed by atoms with Crippen molar-refractivity contribution < 1.29 is 30.7 Å². The largest absolute Gasteiger partial charge is 0.416 e. The topological polar surface area (TPSA) is 36.9 Å². The molecule has 0 radical (unpaired) electrons. The molecule has 6 rings (SSSR count). The number of nitrogens with zero attached hydrogens (tertiary/aromatic N) is 3. The van der Waals surface area contributed by atoms with E-state index in [0.717, 1.165) is 41.3 Å². The number of H-pyrrole nitrogens is 1. The summed E-state index contributed by atoms with van der Waals surface area (Å²) >= 11 is 0. The van der Waals surface area contributed by atoms with E-state index in [2.05, 4.69) is 4.98 Å². The van der Waals surface area contributed by atoms with Crippen LogP contribution in [0.15, 0.2) is 60.8 Å². The molecule has 11 heteroatoms. The highest BCUT2D eigenvalue weighted by molar-refractivity contribution is 5.96. The maximum Gasteiger partial charge on any atom is 0.416 e. The molecule has 0 aliphatic carbocycles. The van der Waals surface area contributed by atoms with Crippen molar-refractivity contribution in [1.82, 2.24) is 19.7 Å². The molecule has 0 amide bonds. The fourth-order valence-electron chi connectivity index (χ4n) is 6.50. The van der Waals surface area contributed by atoms with Gasteiger partial charge in [-0.3, -0.25) is 4.90 Å². The number of benzene rings is 3. The zero-order chi connectivity index (χ0) is 32.5. The lowest BCUT2D eigenvalue weighted by Gasteiger charge is -2.33. The lowest BCUT2D eigenvalue weighted by Crippen LogP contribution is -2.36. The number of alkyl halides is 6. The molecule has 0 unspecified atom stereocenters. The standard InChI is InChI=1S/C34H31F7N4/c1-5-19-8-7-9-20(6-2)29(19)45-30(24-12-13-27(35)28-23(24)14-15-42-28)25-18-44(32(3,4)31(25)43-45)17-21-10-11-22(33(36,37)38)16-26(21)34(39,40)41/h7-16,42H,5-6,17-18H2,1-4H3. The Labute approximate surface area is 255 Å². The molecule has 3 heterocycles. The Balaban J connectivity index is 1.54. The lowest BCUT2D eigenvalue weighted by atomic mass is 9.96. The molecule has 1 aliphatic heterocycles. The summed E-state index contributed by atoms with van der Waals surface area (Å²) in [6.45, 7) is 7.71. The van der Waals surface area contributed by atoms with Crippen molar-refractivity contribution in [3.63, 3.8) is 0 Å². The third-order valence-electron chi connectivity index (χ3n) is 8.91. The van der Waals surface area contributed by atoms with Crippen LogP contribution in [0.1, 0.15) is 66.8 Å². The number of hydrogen-bond donors (Lipinski definition) is 1. The van der Waals surface area contributed by atoms with Gasteiger partial charge in [0.15, 0.2) is 0 Å². The van der Waals surface area contributed by atoms with E-state index in [-0.39, 0.29) is 24.7 Å². The van der Waals surface area contributed by atoms with Crippen LogP contribution in [-0.4, -0.2) is 19.7 Å². The van der Waals surface area contributed by atoms with Gasteiger partial charge in [-0.2, -0.15) is 31.4 Å². The maximum absolute atomic E-state index is 14.8. The molecule has 236 valence electrons. The number of para-hydroxylation sites is 1. The molecule has 1 aliphatic rings. The van der Waals surface area contributed by atoms with Gasteiger partial charge in [0.25, 0.3) is 0 Å². The van der Waals surface area contributed by atoms with Crippen LogP contribution < -0.4 is 0 Å². The smallest absolute Gasteiger partial charge is 0.359 e. The SMILES string of the molecule is CCc1cccc(CC)c1-n1nc2c(c1-c1ccc(F)c3[nH]ccc13)CN(Cc1ccc(C(F)(F)F)cc1C(F)(F)F)C2(C)C. The number of rotatable bonds is 6. The number of fused-ring (bicyclic) bond motifs is 2. The minimum atomic E-state index is -4.98. The molecular weight excluding hydrogens is 597 g/mol. The number of aromatic amines is 1. The van der Waals surface area contributed by atoms with E-state index in [9.17, 15) is 30.7 Å². The lowest BCUT2D eigenvalue weighted by molar-refractivity contribution is -0.143. The predicted molar refractivity (Wildman–Crippen MR) is 158 cm³/mol. The second-order valence-electron chi connectivity index (χ2n) is 11.9. The first-order chi connectivity index (χ1) is 21.2. The average molecular weight is 629 g/mol. The number of nitrogens with one attached hydrogen (secondary N) is 1. The van der Waals surface area contributed by atoms with Gasteiger partial charge in [-0.15, -0.1) is 0 Å². The Hall–Kier alpha value is -4.12. The highest BCUT2D eigenvalue weighted by Gasteiger charge is 2.45. The third-order valence-corrected chi connectivity index (χ3v) is 8.91. The predicted octanol–water partition coefficient (Wildman–Crippen LogP) is 9.57. The van der Waals surface area contributed by atoms with Gasteiger partial charge in [0.2, 0.25) is 0 Å². The molecule has 45 heavy (non-hydrogen) atoms. The van der Waals surface area contributed by atoms with Crippen LogP contribution in [0.5, 0.6) is 0 Å². The normalized spacial score (nSPS) is 15.3. The zero-order valence-corrected chi connectivity index (χ0v) is 25.1. The van der Waals surface area contributed by atoms with E-state index in [1.54, 1.807) is 23.2 Å². The number of halogens is 7.